The van der Waals surface area contributed by atoms with E-state index < -0.39 is 31.1 Å². The van der Waals surface area contributed by atoms with Crippen molar-refractivity contribution in [1.29, 1.82) is 0 Å². The number of anilines is 1. The molecule has 0 bridgehead atoms. The molecule has 2 aromatic carbocycles. The minimum Gasteiger partial charge on any atom is -0.744 e. The quantitative estimate of drug-likeness (QED) is 0.0419. The third kappa shape index (κ3) is 9.79. The molecule has 0 unspecified atom stereocenters. The van der Waals surface area contributed by atoms with Crippen molar-refractivity contribution in [2.45, 2.75) is 80.4 Å². The summed E-state index contributed by atoms with van der Waals surface area (Å²) in [4.78, 5) is 16.4. The van der Waals surface area contributed by atoms with Gasteiger partial charge in [0, 0.05) is 65.5 Å². The Morgan fingerprint density at radius 2 is 1.57 bits per heavy atom. The van der Waals surface area contributed by atoms with Crippen LogP contribution in [0.2, 0.25) is 0 Å². The van der Waals surface area contributed by atoms with Gasteiger partial charge in [-0.25, -0.2) is 16.8 Å². The molecule has 0 spiro atoms. The molecule has 0 saturated carbocycles. The van der Waals surface area contributed by atoms with Crippen molar-refractivity contribution in [3.8, 4) is 0 Å². The zero-order valence-electron chi connectivity index (χ0n) is 29.9. The minimum absolute atomic E-state index is 0. The van der Waals surface area contributed by atoms with Crippen LogP contribution in [0.4, 0.5) is 11.4 Å². The van der Waals surface area contributed by atoms with Crippen molar-refractivity contribution in [3.63, 3.8) is 0 Å². The number of carbonyl (C=O) groups is 1. The fourth-order valence-corrected chi connectivity index (χ4v) is 7.62. The van der Waals surface area contributed by atoms with E-state index in [0.717, 1.165) is 46.8 Å². The summed E-state index contributed by atoms with van der Waals surface area (Å²) in [6, 6.07) is 8.88. The van der Waals surface area contributed by atoms with Gasteiger partial charge in [-0.3, -0.25) is 4.79 Å². The van der Waals surface area contributed by atoms with Crippen LogP contribution < -0.4 is 39.8 Å². The Bertz CT molecular complexity index is 2050. The summed E-state index contributed by atoms with van der Waals surface area (Å²) in [5.74, 6) is -0.0573. The van der Waals surface area contributed by atoms with Gasteiger partial charge in [-0.15, -0.1) is 0 Å². The number of amides is 1. The van der Waals surface area contributed by atoms with E-state index in [4.69, 9.17) is 5.53 Å². The van der Waals surface area contributed by atoms with Gasteiger partial charge < -0.3 is 19.3 Å². The summed E-state index contributed by atoms with van der Waals surface area (Å²) >= 11 is 0. The Morgan fingerprint density at radius 1 is 0.922 bits per heavy atom. The molecule has 0 aromatic heterocycles. The van der Waals surface area contributed by atoms with Crippen LogP contribution in [-0.4, -0.2) is 68.8 Å². The van der Waals surface area contributed by atoms with E-state index in [1.54, 1.807) is 12.1 Å². The largest absolute Gasteiger partial charge is 1.00 e. The summed E-state index contributed by atoms with van der Waals surface area (Å²) in [6.07, 6.45) is 12.7. The number of nitrogens with one attached hydrogen (secondary N) is 1. The molecule has 2 heterocycles. The summed E-state index contributed by atoms with van der Waals surface area (Å²) in [6.45, 7) is 9.29. The summed E-state index contributed by atoms with van der Waals surface area (Å²) in [7, 11) is -7.36. The molecule has 51 heavy (non-hydrogen) atoms. The first kappa shape index (κ1) is 42.1. The van der Waals surface area contributed by atoms with E-state index in [-0.39, 0.29) is 45.3 Å². The number of azide groups is 1. The monoisotopic (exact) mass is 746 g/mol. The van der Waals surface area contributed by atoms with Gasteiger partial charge in [-0.1, -0.05) is 43.6 Å². The van der Waals surface area contributed by atoms with Gasteiger partial charge in [0.1, 0.15) is 27.3 Å². The molecule has 2 aromatic rings. The van der Waals surface area contributed by atoms with E-state index in [0.29, 0.717) is 38.9 Å². The van der Waals surface area contributed by atoms with E-state index in [1.807, 2.05) is 69.7 Å². The van der Waals surface area contributed by atoms with Crippen molar-refractivity contribution in [2.24, 2.45) is 5.11 Å². The van der Waals surface area contributed by atoms with Crippen LogP contribution in [-0.2, 0) is 35.9 Å². The number of hydrogen-bond acceptors (Lipinski definition) is 9. The van der Waals surface area contributed by atoms with Gasteiger partial charge in [0.15, 0.2) is 5.71 Å². The predicted octanol–water partition coefficient (Wildman–Crippen LogP) is 2.68. The first-order chi connectivity index (χ1) is 23.4. The van der Waals surface area contributed by atoms with E-state index in [9.17, 15) is 30.7 Å². The standard InChI is InChI=1S/C35H44N6O7S2.Na/c1-34(2)27-23-25(49(43,44)45)16-18-29(27)40(5)31(34)13-8-6-9-14-32-35(3,4)28-24-26(50(46,47)48)17-19-30(28)41(32)22-11-7-10-15-33(42)37-20-12-21-38-39-36;/h6,8-9,13-14,16-19,23-24H,7,10-12,15,20-22H2,1-5H3,(H2-,37,42,43,44,45,46,47,48);/q;+1/p-1. The number of fused-ring (bicyclic) bond motifs is 2. The number of nitrogens with zero attached hydrogens (tertiary/aromatic N) is 5. The zero-order valence-corrected chi connectivity index (χ0v) is 33.6. The van der Waals surface area contributed by atoms with E-state index >= 15 is 0 Å². The van der Waals surface area contributed by atoms with Crippen molar-refractivity contribution >= 4 is 43.2 Å². The van der Waals surface area contributed by atoms with Crippen LogP contribution in [0.25, 0.3) is 10.4 Å². The van der Waals surface area contributed by atoms with Crippen LogP contribution in [0.5, 0.6) is 0 Å². The molecular formula is C35H43N6NaO7S2. The van der Waals surface area contributed by atoms with Crippen molar-refractivity contribution < 1.29 is 64.9 Å². The number of hydrogen-bond donors (Lipinski definition) is 1. The topological polar surface area (TPSA) is 199 Å². The summed E-state index contributed by atoms with van der Waals surface area (Å²) < 4.78 is 72.6. The Hall–Kier alpha value is -3.27. The molecule has 16 heteroatoms. The summed E-state index contributed by atoms with van der Waals surface area (Å²) in [5.41, 5.74) is 12.1. The Kier molecular flexibility index (Phi) is 14.1. The molecule has 1 N–H and O–H groups in total. The fourth-order valence-electron chi connectivity index (χ4n) is 6.62. The van der Waals surface area contributed by atoms with Gasteiger partial charge in [0.25, 0.3) is 0 Å². The maximum atomic E-state index is 12.2. The van der Waals surface area contributed by atoms with Crippen LogP contribution in [0, 0.1) is 0 Å². The number of rotatable bonds is 15. The molecule has 0 atom stereocenters. The molecule has 2 aliphatic heterocycles. The maximum absolute atomic E-state index is 12.2. The van der Waals surface area contributed by atoms with Crippen molar-refractivity contribution in [1.82, 2.24) is 5.32 Å². The van der Waals surface area contributed by atoms with Crippen LogP contribution >= 0.6 is 0 Å². The van der Waals surface area contributed by atoms with Crippen LogP contribution in [0.15, 0.2) is 87.4 Å². The van der Waals surface area contributed by atoms with Crippen molar-refractivity contribution in [3.05, 3.63) is 94.0 Å². The van der Waals surface area contributed by atoms with Gasteiger partial charge in [0.2, 0.25) is 11.6 Å². The SMILES string of the molecule is C[N+]1=C(\C=C/C=C/C=C2/N(CCCCCC(=O)NCCCN=[N+]=[N-])c3ccc(S(=O)(=O)[O-])cc3C2(C)C)C(C)(C)c2cc(S(=O)(=O)[O-])ccc21.[Na+]. The maximum Gasteiger partial charge on any atom is 1.00 e. The first-order valence-corrected chi connectivity index (χ1v) is 19.1. The van der Waals surface area contributed by atoms with Crippen molar-refractivity contribution in [2.75, 3.05) is 31.6 Å². The molecule has 0 fully saturated rings. The average molecular weight is 747 g/mol. The third-order valence-electron chi connectivity index (χ3n) is 9.28. The number of carbonyl (C=O) groups excluding carboxylic acids is 1. The number of unbranched alkanes of at least 4 members (excludes halogenated alkanes) is 2. The molecule has 1 amide bonds. The molecule has 0 radical (unpaired) electrons. The third-order valence-corrected chi connectivity index (χ3v) is 10.9. The Labute approximate surface area is 322 Å². The minimum atomic E-state index is -4.65. The van der Waals surface area contributed by atoms with E-state index in [1.165, 1.54) is 24.3 Å². The first-order valence-electron chi connectivity index (χ1n) is 16.3. The molecule has 2 aliphatic rings. The number of benzene rings is 2. The zero-order chi connectivity index (χ0) is 36.9. The average Bonchev–Trinajstić information content (AvgIpc) is 3.37. The molecule has 0 saturated heterocycles. The normalized spacial score (nSPS) is 17.1. The predicted molar refractivity (Wildman–Crippen MR) is 190 cm³/mol. The molecule has 0 aliphatic carbocycles. The Balaban J connectivity index is 0.00000702. The second-order valence-electron chi connectivity index (χ2n) is 13.4. The summed E-state index contributed by atoms with van der Waals surface area (Å²) in [5, 5.41) is 6.28. The second-order valence-corrected chi connectivity index (χ2v) is 16.1. The van der Waals surface area contributed by atoms with Gasteiger partial charge in [-0.05, 0) is 80.6 Å². The Morgan fingerprint density at radius 3 is 2.22 bits per heavy atom. The molecule has 268 valence electrons. The molecule has 4 rings (SSSR count). The van der Waals surface area contributed by atoms with Crippen LogP contribution in [0.3, 0.4) is 0 Å². The fraction of sp³-hybridized carbons (Fsp3) is 0.429. The smallest absolute Gasteiger partial charge is 0.744 e. The second kappa shape index (κ2) is 17.0. The molecular weight excluding hydrogens is 704 g/mol. The molecule has 13 nitrogen and oxygen atoms in total. The van der Waals surface area contributed by atoms with Gasteiger partial charge >= 0.3 is 29.6 Å². The number of allylic oxidation sites excluding steroid dienone is 6. The van der Waals surface area contributed by atoms with Crippen LogP contribution in [0.1, 0.15) is 70.9 Å². The van der Waals surface area contributed by atoms with Gasteiger partial charge in [0.05, 0.1) is 15.2 Å². The van der Waals surface area contributed by atoms with E-state index in [2.05, 4.69) is 20.2 Å². The van der Waals surface area contributed by atoms with Gasteiger partial charge in [-0.2, -0.15) is 4.58 Å².